The van der Waals surface area contributed by atoms with Crippen molar-refractivity contribution >= 4 is 0 Å². The van der Waals surface area contributed by atoms with E-state index in [2.05, 4.69) is 4.90 Å². The number of hydrogen-bond donors (Lipinski definition) is 0. The minimum absolute atomic E-state index is 0.0754. The third-order valence-electron chi connectivity index (χ3n) is 5.32. The minimum atomic E-state index is -0.993. The highest BCUT2D eigenvalue weighted by molar-refractivity contribution is 5.08. The van der Waals surface area contributed by atoms with Gasteiger partial charge in [-0.15, -0.1) is 0 Å². The number of nitrogens with zero attached hydrogens (tertiary/aromatic N) is 1. The fourth-order valence-electron chi connectivity index (χ4n) is 4.14. The molecule has 2 unspecified atom stereocenters. The van der Waals surface area contributed by atoms with Gasteiger partial charge in [-0.05, 0) is 31.6 Å². The zero-order chi connectivity index (χ0) is 13.6. The van der Waals surface area contributed by atoms with Gasteiger partial charge in [-0.25, -0.2) is 8.78 Å². The molecule has 3 rings (SSSR count). The molecule has 1 saturated heterocycles. The first-order valence-corrected chi connectivity index (χ1v) is 7.66. The molecule has 0 amide bonds. The van der Waals surface area contributed by atoms with Crippen LogP contribution in [0.15, 0.2) is 0 Å². The Hall–Kier alpha value is -0.220. The van der Waals surface area contributed by atoms with Gasteiger partial charge in [-0.1, -0.05) is 13.8 Å². The first-order chi connectivity index (χ1) is 9.03. The van der Waals surface area contributed by atoms with Crippen LogP contribution in [-0.4, -0.2) is 48.6 Å². The molecule has 3 fully saturated rings. The second kappa shape index (κ2) is 4.96. The van der Waals surface area contributed by atoms with Gasteiger partial charge in [0.05, 0.1) is 13.2 Å². The van der Waals surface area contributed by atoms with Crippen molar-refractivity contribution in [3.63, 3.8) is 0 Å². The van der Waals surface area contributed by atoms with E-state index in [0.29, 0.717) is 19.4 Å². The minimum Gasteiger partial charge on any atom is -0.378 e. The summed E-state index contributed by atoms with van der Waals surface area (Å²) in [5, 5.41) is 0. The highest BCUT2D eigenvalue weighted by atomic mass is 19.1. The molecule has 1 spiro atoms. The van der Waals surface area contributed by atoms with E-state index in [1.165, 1.54) is 0 Å². The summed E-state index contributed by atoms with van der Waals surface area (Å²) in [6.07, 6.45) is 1.28. The zero-order valence-corrected chi connectivity index (χ0v) is 11.9. The van der Waals surface area contributed by atoms with Crippen LogP contribution in [0.4, 0.5) is 8.78 Å². The first-order valence-electron chi connectivity index (χ1n) is 7.66. The molecule has 0 N–H and O–H groups in total. The molecule has 1 heterocycles. The average Bonchev–Trinajstić information content (AvgIpc) is 3.08. The van der Waals surface area contributed by atoms with Crippen LogP contribution >= 0.6 is 0 Å². The predicted molar refractivity (Wildman–Crippen MR) is 70.6 cm³/mol. The van der Waals surface area contributed by atoms with Gasteiger partial charge in [0.1, 0.15) is 12.3 Å². The number of ether oxygens (including phenoxy) is 1. The van der Waals surface area contributed by atoms with Crippen LogP contribution in [0.2, 0.25) is 0 Å². The summed E-state index contributed by atoms with van der Waals surface area (Å²) >= 11 is 0. The van der Waals surface area contributed by atoms with Crippen LogP contribution in [0.1, 0.15) is 39.5 Å². The Kier molecular flexibility index (Phi) is 3.59. The monoisotopic (exact) mass is 273 g/mol. The SMILES string of the molecule is CC(C)C1C(F)CC(N2CCOCC23CC3)CC1F. The first kappa shape index (κ1) is 13.7. The lowest BCUT2D eigenvalue weighted by Gasteiger charge is -2.46. The Balaban J connectivity index is 1.70. The van der Waals surface area contributed by atoms with Gasteiger partial charge >= 0.3 is 0 Å². The van der Waals surface area contributed by atoms with Crippen LogP contribution in [-0.2, 0) is 4.74 Å². The zero-order valence-electron chi connectivity index (χ0n) is 11.9. The molecule has 0 aromatic rings. The van der Waals surface area contributed by atoms with E-state index in [1.54, 1.807) is 0 Å². The maximum atomic E-state index is 14.3. The van der Waals surface area contributed by atoms with Crippen molar-refractivity contribution in [2.75, 3.05) is 19.8 Å². The van der Waals surface area contributed by atoms with Crippen molar-refractivity contribution in [2.45, 2.75) is 63.5 Å². The summed E-state index contributed by atoms with van der Waals surface area (Å²) in [5.74, 6) is -0.321. The molecule has 4 heteroatoms. The standard InChI is InChI=1S/C15H25F2NO/c1-10(2)14-12(16)7-11(8-13(14)17)18-5-6-19-9-15(18)3-4-15/h10-14H,3-9H2,1-2H3. The lowest BCUT2D eigenvalue weighted by Crippen LogP contribution is -2.56. The van der Waals surface area contributed by atoms with Crippen LogP contribution < -0.4 is 0 Å². The molecular formula is C15H25F2NO. The Morgan fingerprint density at radius 2 is 1.79 bits per heavy atom. The van der Waals surface area contributed by atoms with Gasteiger partial charge in [0.25, 0.3) is 0 Å². The second-order valence-electron chi connectivity index (χ2n) is 6.95. The maximum absolute atomic E-state index is 14.3. The smallest absolute Gasteiger partial charge is 0.107 e. The van der Waals surface area contributed by atoms with Gasteiger partial charge < -0.3 is 4.74 Å². The summed E-state index contributed by atoms with van der Waals surface area (Å²) < 4.78 is 34.2. The molecule has 2 saturated carbocycles. The van der Waals surface area contributed by atoms with E-state index in [0.717, 1.165) is 26.0 Å². The van der Waals surface area contributed by atoms with Crippen LogP contribution in [0.25, 0.3) is 0 Å². The van der Waals surface area contributed by atoms with E-state index in [1.807, 2.05) is 13.8 Å². The summed E-state index contributed by atoms with van der Waals surface area (Å²) in [4.78, 5) is 2.37. The molecule has 0 bridgehead atoms. The van der Waals surface area contributed by atoms with Gasteiger partial charge in [0, 0.05) is 24.0 Å². The van der Waals surface area contributed by atoms with Crippen molar-refractivity contribution in [1.29, 1.82) is 0 Å². The fourth-order valence-corrected chi connectivity index (χ4v) is 4.14. The lowest BCUT2D eigenvalue weighted by molar-refractivity contribution is -0.0777. The summed E-state index contributed by atoms with van der Waals surface area (Å²) in [5.41, 5.74) is 0.132. The quantitative estimate of drug-likeness (QED) is 0.767. The summed E-state index contributed by atoms with van der Waals surface area (Å²) in [6.45, 7) is 6.17. The molecule has 2 nitrogen and oxygen atoms in total. The fraction of sp³-hybridized carbons (Fsp3) is 1.00. The van der Waals surface area contributed by atoms with Crippen molar-refractivity contribution < 1.29 is 13.5 Å². The molecule has 0 aromatic heterocycles. The normalized spacial score (nSPS) is 42.8. The van der Waals surface area contributed by atoms with E-state index in [4.69, 9.17) is 4.74 Å². The van der Waals surface area contributed by atoms with Crippen molar-refractivity contribution in [3.05, 3.63) is 0 Å². The second-order valence-corrected chi connectivity index (χ2v) is 6.95. The molecule has 110 valence electrons. The molecule has 2 atom stereocenters. The Bertz CT molecular complexity index is 320. The van der Waals surface area contributed by atoms with E-state index in [9.17, 15) is 8.78 Å². The molecule has 2 aliphatic carbocycles. The topological polar surface area (TPSA) is 12.5 Å². The summed E-state index contributed by atoms with van der Waals surface area (Å²) in [6, 6.07) is 0.0754. The maximum Gasteiger partial charge on any atom is 0.107 e. The molecule has 19 heavy (non-hydrogen) atoms. The Morgan fingerprint density at radius 3 is 2.32 bits per heavy atom. The summed E-state index contributed by atoms with van der Waals surface area (Å²) in [7, 11) is 0. The number of hydrogen-bond acceptors (Lipinski definition) is 2. The van der Waals surface area contributed by atoms with Gasteiger partial charge in [0.2, 0.25) is 0 Å². The molecule has 0 aromatic carbocycles. The van der Waals surface area contributed by atoms with E-state index < -0.39 is 18.3 Å². The number of rotatable bonds is 2. The van der Waals surface area contributed by atoms with Gasteiger partial charge in [0.15, 0.2) is 0 Å². The van der Waals surface area contributed by atoms with Crippen molar-refractivity contribution in [2.24, 2.45) is 11.8 Å². The Morgan fingerprint density at radius 1 is 1.16 bits per heavy atom. The van der Waals surface area contributed by atoms with E-state index in [-0.39, 0.29) is 17.5 Å². The highest BCUT2D eigenvalue weighted by Gasteiger charge is 2.54. The number of halogens is 2. The van der Waals surface area contributed by atoms with Gasteiger partial charge in [-0.3, -0.25) is 4.90 Å². The Labute approximate surface area is 114 Å². The van der Waals surface area contributed by atoms with Crippen LogP contribution in [0.3, 0.4) is 0 Å². The molecule has 3 aliphatic rings. The molecule has 1 aliphatic heterocycles. The third-order valence-corrected chi connectivity index (χ3v) is 5.32. The lowest BCUT2D eigenvalue weighted by atomic mass is 9.76. The third kappa shape index (κ3) is 2.42. The van der Waals surface area contributed by atoms with Crippen molar-refractivity contribution in [3.8, 4) is 0 Å². The van der Waals surface area contributed by atoms with Gasteiger partial charge in [-0.2, -0.15) is 0 Å². The predicted octanol–water partition coefficient (Wildman–Crippen LogP) is 2.96. The van der Waals surface area contributed by atoms with Crippen LogP contribution in [0, 0.1) is 11.8 Å². The molecule has 0 radical (unpaired) electrons. The largest absolute Gasteiger partial charge is 0.378 e. The van der Waals surface area contributed by atoms with Crippen LogP contribution in [0.5, 0.6) is 0 Å². The molecular weight excluding hydrogens is 248 g/mol. The average molecular weight is 273 g/mol. The number of morpholine rings is 1. The number of alkyl halides is 2. The van der Waals surface area contributed by atoms with Crippen molar-refractivity contribution in [1.82, 2.24) is 4.90 Å². The van der Waals surface area contributed by atoms with E-state index >= 15 is 0 Å². The highest BCUT2D eigenvalue weighted by Crippen LogP contribution is 2.48.